The smallest absolute Gasteiger partial charge is 0.165 e. The lowest BCUT2D eigenvalue weighted by molar-refractivity contribution is -0.130. The maximum atomic E-state index is 11.0. The van der Waals surface area contributed by atoms with E-state index in [2.05, 4.69) is 0 Å². The lowest BCUT2D eigenvalue weighted by atomic mass is 9.91. The van der Waals surface area contributed by atoms with Gasteiger partial charge >= 0.3 is 0 Å². The Morgan fingerprint density at radius 1 is 1.75 bits per heavy atom. The van der Waals surface area contributed by atoms with Crippen molar-refractivity contribution in [2.45, 2.75) is 18.9 Å². The van der Waals surface area contributed by atoms with Gasteiger partial charge in [-0.05, 0) is 19.1 Å². The first-order valence-corrected chi connectivity index (χ1v) is 3.75. The van der Waals surface area contributed by atoms with Crippen LogP contribution in [0.5, 0.6) is 0 Å². The van der Waals surface area contributed by atoms with Crippen LogP contribution in [0.4, 0.5) is 0 Å². The van der Waals surface area contributed by atoms with Gasteiger partial charge in [0.15, 0.2) is 5.78 Å². The fourth-order valence-electron chi connectivity index (χ4n) is 1.07. The molecule has 0 fully saturated rings. The molecule has 0 aromatic rings. The molecule has 0 amide bonds. The number of ether oxygens (including phenoxy) is 1. The lowest BCUT2D eigenvalue weighted by Gasteiger charge is -2.23. The highest BCUT2D eigenvalue weighted by molar-refractivity contribution is 5.87. The highest BCUT2D eigenvalue weighted by Gasteiger charge is 2.31. The zero-order valence-corrected chi connectivity index (χ0v) is 7.20. The summed E-state index contributed by atoms with van der Waals surface area (Å²) in [6.07, 6.45) is 5.22. The fraction of sp³-hybridized carbons (Fsp3) is 0.444. The second-order valence-corrected chi connectivity index (χ2v) is 2.84. The molecule has 1 atom stereocenters. The maximum absolute atomic E-state index is 11.0. The van der Waals surface area contributed by atoms with E-state index in [0.29, 0.717) is 12.2 Å². The molecule has 0 saturated carbocycles. The van der Waals surface area contributed by atoms with Crippen molar-refractivity contribution in [2.75, 3.05) is 7.11 Å². The molecule has 0 bridgehead atoms. The predicted octanol–water partition coefficient (Wildman–Crippen LogP) is 0.797. The first kappa shape index (κ1) is 9.00. The molecule has 0 heterocycles. The Morgan fingerprint density at radius 3 is 2.92 bits per heavy atom. The SMILES string of the molecule is COC1=CC(O)(C(C)=O)CC=C1. The molecule has 1 rings (SSSR count). The van der Waals surface area contributed by atoms with E-state index in [4.69, 9.17) is 4.74 Å². The van der Waals surface area contributed by atoms with Crippen LogP contribution in [0.1, 0.15) is 13.3 Å². The molecule has 1 aliphatic carbocycles. The van der Waals surface area contributed by atoms with E-state index in [1.54, 1.807) is 12.2 Å². The summed E-state index contributed by atoms with van der Waals surface area (Å²) in [4.78, 5) is 11.0. The van der Waals surface area contributed by atoms with Crippen molar-refractivity contribution < 1.29 is 14.6 Å². The quantitative estimate of drug-likeness (QED) is 0.663. The number of Topliss-reactive ketones (excluding diaryl/α,β-unsaturated/α-hetero) is 1. The maximum Gasteiger partial charge on any atom is 0.165 e. The van der Waals surface area contributed by atoms with Gasteiger partial charge in [0.25, 0.3) is 0 Å². The number of hydrogen-bond acceptors (Lipinski definition) is 3. The minimum Gasteiger partial charge on any atom is -0.497 e. The molecule has 1 aliphatic rings. The second-order valence-electron chi connectivity index (χ2n) is 2.84. The van der Waals surface area contributed by atoms with Crippen molar-refractivity contribution in [1.82, 2.24) is 0 Å². The molecular formula is C9H12O3. The van der Waals surface area contributed by atoms with E-state index in [0.717, 1.165) is 0 Å². The first-order valence-electron chi connectivity index (χ1n) is 3.75. The van der Waals surface area contributed by atoms with E-state index in [1.807, 2.05) is 0 Å². The van der Waals surface area contributed by atoms with Gasteiger partial charge in [-0.1, -0.05) is 6.08 Å². The number of carbonyl (C=O) groups is 1. The zero-order chi connectivity index (χ0) is 9.19. The number of methoxy groups -OCH3 is 1. The Bertz CT molecular complexity index is 252. The molecule has 66 valence electrons. The zero-order valence-electron chi connectivity index (χ0n) is 7.20. The van der Waals surface area contributed by atoms with Crippen LogP contribution in [0.3, 0.4) is 0 Å². The molecule has 3 nitrogen and oxygen atoms in total. The topological polar surface area (TPSA) is 46.5 Å². The number of rotatable bonds is 2. The summed E-state index contributed by atoms with van der Waals surface area (Å²) in [5.41, 5.74) is -1.36. The average molecular weight is 168 g/mol. The normalized spacial score (nSPS) is 28.1. The molecule has 12 heavy (non-hydrogen) atoms. The largest absolute Gasteiger partial charge is 0.497 e. The van der Waals surface area contributed by atoms with Crippen molar-refractivity contribution in [3.8, 4) is 0 Å². The van der Waals surface area contributed by atoms with Crippen LogP contribution >= 0.6 is 0 Å². The van der Waals surface area contributed by atoms with Gasteiger partial charge in [-0.15, -0.1) is 0 Å². The van der Waals surface area contributed by atoms with Gasteiger partial charge in [-0.3, -0.25) is 4.79 Å². The summed E-state index contributed by atoms with van der Waals surface area (Å²) < 4.78 is 4.90. The molecule has 0 radical (unpaired) electrons. The molecule has 0 spiro atoms. The van der Waals surface area contributed by atoms with Gasteiger partial charge in [-0.2, -0.15) is 0 Å². The Hall–Kier alpha value is -1.09. The van der Waals surface area contributed by atoms with Crippen LogP contribution in [-0.4, -0.2) is 23.6 Å². The predicted molar refractivity (Wildman–Crippen MR) is 44.5 cm³/mol. The minimum absolute atomic E-state index is 0.263. The third-order valence-electron chi connectivity index (χ3n) is 1.94. The van der Waals surface area contributed by atoms with Crippen LogP contribution < -0.4 is 0 Å². The van der Waals surface area contributed by atoms with Crippen molar-refractivity contribution in [3.63, 3.8) is 0 Å². The lowest BCUT2D eigenvalue weighted by Crippen LogP contribution is -2.35. The first-order chi connectivity index (χ1) is 5.58. The van der Waals surface area contributed by atoms with E-state index >= 15 is 0 Å². The summed E-state index contributed by atoms with van der Waals surface area (Å²) >= 11 is 0. The number of ketones is 1. The van der Waals surface area contributed by atoms with Crippen LogP contribution in [0.25, 0.3) is 0 Å². The van der Waals surface area contributed by atoms with E-state index in [9.17, 15) is 9.90 Å². The summed E-state index contributed by atoms with van der Waals surface area (Å²) in [7, 11) is 1.50. The minimum atomic E-state index is -1.36. The molecule has 3 heteroatoms. The van der Waals surface area contributed by atoms with Crippen molar-refractivity contribution in [1.29, 1.82) is 0 Å². The third kappa shape index (κ3) is 1.56. The third-order valence-corrected chi connectivity index (χ3v) is 1.94. The Kier molecular flexibility index (Phi) is 2.33. The molecule has 1 unspecified atom stereocenters. The molecule has 0 aromatic heterocycles. The van der Waals surface area contributed by atoms with E-state index in [-0.39, 0.29) is 5.78 Å². The van der Waals surface area contributed by atoms with Gasteiger partial charge < -0.3 is 9.84 Å². The molecular weight excluding hydrogens is 156 g/mol. The summed E-state index contributed by atoms with van der Waals surface area (Å²) in [5.74, 6) is 0.264. The summed E-state index contributed by atoms with van der Waals surface area (Å²) in [6.45, 7) is 1.36. The van der Waals surface area contributed by atoms with Crippen LogP contribution in [0.2, 0.25) is 0 Å². The van der Waals surface area contributed by atoms with E-state index < -0.39 is 5.60 Å². The van der Waals surface area contributed by atoms with Gasteiger partial charge in [-0.25, -0.2) is 0 Å². The standard InChI is InChI=1S/C9H12O3/c1-7(10)9(11)5-3-4-8(6-9)12-2/h3-4,6,11H,5H2,1-2H3. The van der Waals surface area contributed by atoms with Gasteiger partial charge in [0, 0.05) is 6.42 Å². The van der Waals surface area contributed by atoms with Crippen molar-refractivity contribution >= 4 is 5.78 Å². The monoisotopic (exact) mass is 168 g/mol. The molecule has 0 saturated heterocycles. The number of hydrogen-bond donors (Lipinski definition) is 1. The number of aliphatic hydroxyl groups is 1. The fourth-order valence-corrected chi connectivity index (χ4v) is 1.07. The van der Waals surface area contributed by atoms with Gasteiger partial charge in [0.05, 0.1) is 7.11 Å². The highest BCUT2D eigenvalue weighted by atomic mass is 16.5. The van der Waals surface area contributed by atoms with Crippen LogP contribution in [-0.2, 0) is 9.53 Å². The summed E-state index contributed by atoms with van der Waals surface area (Å²) in [6, 6.07) is 0. The number of allylic oxidation sites excluding steroid dienone is 1. The summed E-state index contributed by atoms with van der Waals surface area (Å²) in [5, 5.41) is 9.69. The van der Waals surface area contributed by atoms with Gasteiger partial charge in [0.1, 0.15) is 11.4 Å². The Morgan fingerprint density at radius 2 is 2.42 bits per heavy atom. The van der Waals surface area contributed by atoms with E-state index in [1.165, 1.54) is 20.1 Å². The van der Waals surface area contributed by atoms with Gasteiger partial charge in [0.2, 0.25) is 0 Å². The van der Waals surface area contributed by atoms with Crippen LogP contribution in [0.15, 0.2) is 24.0 Å². The molecule has 0 aliphatic heterocycles. The Balaban J connectivity index is 2.90. The number of carbonyl (C=O) groups excluding carboxylic acids is 1. The van der Waals surface area contributed by atoms with Crippen molar-refractivity contribution in [3.05, 3.63) is 24.0 Å². The molecule has 0 aromatic carbocycles. The second kappa shape index (κ2) is 3.11. The Labute approximate surface area is 71.3 Å². The van der Waals surface area contributed by atoms with Crippen molar-refractivity contribution in [2.24, 2.45) is 0 Å². The van der Waals surface area contributed by atoms with Crippen LogP contribution in [0, 0.1) is 0 Å². The molecule has 1 N–H and O–H groups in total. The average Bonchev–Trinajstić information content (AvgIpc) is 2.04. The highest BCUT2D eigenvalue weighted by Crippen LogP contribution is 2.22.